The van der Waals surface area contributed by atoms with E-state index in [2.05, 4.69) is 20.3 Å². The second kappa shape index (κ2) is 9.52. The van der Waals surface area contributed by atoms with E-state index >= 15 is 0 Å². The highest BCUT2D eigenvalue weighted by molar-refractivity contribution is 5.94. The first kappa shape index (κ1) is 21.4. The molecule has 0 radical (unpaired) electrons. The third-order valence-corrected chi connectivity index (χ3v) is 4.83. The Hall–Kier alpha value is -3.86. The van der Waals surface area contributed by atoms with Gasteiger partial charge < -0.3 is 19.7 Å². The van der Waals surface area contributed by atoms with Crippen LogP contribution in [0, 0.1) is 0 Å². The summed E-state index contributed by atoms with van der Waals surface area (Å²) >= 11 is 0. The molecule has 1 aromatic carbocycles. The smallest absolute Gasteiger partial charge is 0.338 e. The summed E-state index contributed by atoms with van der Waals surface area (Å²) in [6, 6.07) is 6.38. The molecule has 1 aliphatic heterocycles. The van der Waals surface area contributed by atoms with Gasteiger partial charge in [0.2, 0.25) is 11.9 Å². The highest BCUT2D eigenvalue weighted by Crippen LogP contribution is 2.13. The molecule has 3 aromatic rings. The van der Waals surface area contributed by atoms with Crippen LogP contribution in [-0.2, 0) is 20.8 Å². The fraction of sp³-hybridized carbons (Fsp3) is 0.333. The van der Waals surface area contributed by atoms with Crippen molar-refractivity contribution in [1.82, 2.24) is 19.5 Å². The maximum atomic E-state index is 12.8. The third kappa shape index (κ3) is 4.72. The number of amides is 1. The number of morpholine rings is 1. The molecule has 1 amide bonds. The number of carbonyl (C=O) groups is 2. The van der Waals surface area contributed by atoms with Gasteiger partial charge in [-0.15, -0.1) is 0 Å². The lowest BCUT2D eigenvalue weighted by Gasteiger charge is -2.26. The molecule has 0 atom stereocenters. The van der Waals surface area contributed by atoms with Crippen LogP contribution >= 0.6 is 0 Å². The summed E-state index contributed by atoms with van der Waals surface area (Å²) in [5, 5.41) is 2.89. The van der Waals surface area contributed by atoms with Crippen LogP contribution in [0.4, 0.5) is 11.6 Å². The molecule has 0 aliphatic carbocycles. The zero-order valence-electron chi connectivity index (χ0n) is 17.5. The van der Waals surface area contributed by atoms with E-state index in [1.165, 1.54) is 23.2 Å². The van der Waals surface area contributed by atoms with E-state index in [9.17, 15) is 14.4 Å². The zero-order chi connectivity index (χ0) is 22.5. The molecule has 1 saturated heterocycles. The van der Waals surface area contributed by atoms with E-state index in [4.69, 9.17) is 9.47 Å². The molecule has 2 aromatic heterocycles. The number of anilines is 2. The fourth-order valence-electron chi connectivity index (χ4n) is 3.27. The second-order valence-electron chi connectivity index (χ2n) is 7.03. The number of hydrogen-bond donors (Lipinski definition) is 1. The molecule has 1 aliphatic rings. The molecule has 3 heterocycles. The maximum absolute atomic E-state index is 12.8. The molecule has 11 heteroatoms. The predicted molar refractivity (Wildman–Crippen MR) is 116 cm³/mol. The number of esters is 1. The molecule has 166 valence electrons. The van der Waals surface area contributed by atoms with Crippen molar-refractivity contribution < 1.29 is 19.1 Å². The quantitative estimate of drug-likeness (QED) is 0.557. The number of benzene rings is 1. The van der Waals surface area contributed by atoms with Crippen LogP contribution in [0.2, 0.25) is 0 Å². The van der Waals surface area contributed by atoms with E-state index < -0.39 is 17.4 Å². The van der Waals surface area contributed by atoms with Gasteiger partial charge in [-0.05, 0) is 25.1 Å². The second-order valence-corrected chi connectivity index (χ2v) is 7.03. The van der Waals surface area contributed by atoms with E-state index in [0.717, 1.165) is 0 Å². The van der Waals surface area contributed by atoms with Gasteiger partial charge in [0.25, 0.3) is 5.56 Å². The summed E-state index contributed by atoms with van der Waals surface area (Å²) in [7, 11) is 0. The molecule has 1 fully saturated rings. The van der Waals surface area contributed by atoms with Gasteiger partial charge in [-0.25, -0.2) is 14.8 Å². The van der Waals surface area contributed by atoms with Crippen molar-refractivity contribution >= 4 is 34.5 Å². The van der Waals surface area contributed by atoms with Crippen molar-refractivity contribution in [1.29, 1.82) is 0 Å². The molecular weight excluding hydrogens is 416 g/mol. The van der Waals surface area contributed by atoms with Crippen molar-refractivity contribution in [2.24, 2.45) is 0 Å². The van der Waals surface area contributed by atoms with Gasteiger partial charge in [-0.3, -0.25) is 14.2 Å². The SMILES string of the molecule is CCOC(=O)c1cccc(NC(=O)Cn2cnc3nc(N4CCOCC4)ncc3c2=O)c1. The molecular formula is C21H22N6O5. The number of hydrogen-bond acceptors (Lipinski definition) is 9. The lowest BCUT2D eigenvalue weighted by molar-refractivity contribution is -0.116. The van der Waals surface area contributed by atoms with E-state index in [0.29, 0.717) is 43.5 Å². The Kier molecular flexibility index (Phi) is 6.36. The molecule has 4 rings (SSSR count). The number of rotatable bonds is 6. The van der Waals surface area contributed by atoms with Crippen molar-refractivity contribution in [3.05, 3.63) is 52.7 Å². The molecule has 0 spiro atoms. The lowest BCUT2D eigenvalue weighted by Crippen LogP contribution is -2.37. The standard InChI is InChI=1S/C21H22N6O5/c1-2-32-20(30)14-4-3-5-15(10-14)24-17(28)12-27-13-23-18-16(19(27)29)11-22-21(25-18)26-6-8-31-9-7-26/h3-5,10-11,13H,2,6-9,12H2,1H3,(H,24,28). The maximum Gasteiger partial charge on any atom is 0.338 e. The first-order valence-electron chi connectivity index (χ1n) is 10.2. The minimum absolute atomic E-state index is 0.224. The number of nitrogens with zero attached hydrogens (tertiary/aromatic N) is 5. The minimum Gasteiger partial charge on any atom is -0.462 e. The summed E-state index contributed by atoms with van der Waals surface area (Å²) < 4.78 is 11.5. The number of aromatic nitrogens is 4. The van der Waals surface area contributed by atoms with Gasteiger partial charge in [0, 0.05) is 25.0 Å². The fourth-order valence-corrected chi connectivity index (χ4v) is 3.27. The van der Waals surface area contributed by atoms with Crippen LogP contribution in [0.1, 0.15) is 17.3 Å². The average molecular weight is 438 g/mol. The van der Waals surface area contributed by atoms with Crippen LogP contribution in [0.3, 0.4) is 0 Å². The molecule has 32 heavy (non-hydrogen) atoms. The Morgan fingerprint density at radius 3 is 2.81 bits per heavy atom. The van der Waals surface area contributed by atoms with Gasteiger partial charge in [0.1, 0.15) is 18.3 Å². The van der Waals surface area contributed by atoms with Gasteiger partial charge in [0.05, 0.1) is 25.4 Å². The number of ether oxygens (including phenoxy) is 2. The molecule has 1 N–H and O–H groups in total. The van der Waals surface area contributed by atoms with Gasteiger partial charge in [-0.2, -0.15) is 4.98 Å². The largest absolute Gasteiger partial charge is 0.462 e. The van der Waals surface area contributed by atoms with E-state index in [1.54, 1.807) is 25.1 Å². The molecule has 0 bridgehead atoms. The molecule has 11 nitrogen and oxygen atoms in total. The van der Waals surface area contributed by atoms with E-state index in [-0.39, 0.29) is 24.2 Å². The van der Waals surface area contributed by atoms with Crippen molar-refractivity contribution in [3.8, 4) is 0 Å². The van der Waals surface area contributed by atoms with Gasteiger partial charge in [0.15, 0.2) is 5.65 Å². The van der Waals surface area contributed by atoms with E-state index in [1.807, 2.05) is 4.90 Å². The summed E-state index contributed by atoms with van der Waals surface area (Å²) in [6.45, 7) is 4.23. The van der Waals surface area contributed by atoms with Crippen LogP contribution in [-0.4, -0.2) is 64.3 Å². The Labute approximate surface area is 183 Å². The Morgan fingerprint density at radius 1 is 1.22 bits per heavy atom. The van der Waals surface area contributed by atoms with Gasteiger partial charge in [-0.1, -0.05) is 6.07 Å². The molecule has 0 unspecified atom stereocenters. The Balaban J connectivity index is 1.48. The summed E-state index contributed by atoms with van der Waals surface area (Å²) in [4.78, 5) is 52.0. The van der Waals surface area contributed by atoms with Crippen molar-refractivity contribution in [3.63, 3.8) is 0 Å². The van der Waals surface area contributed by atoms with Crippen LogP contribution < -0.4 is 15.8 Å². The molecule has 0 saturated carbocycles. The summed E-state index contributed by atoms with van der Waals surface area (Å²) in [5.41, 5.74) is 0.590. The van der Waals surface area contributed by atoms with Crippen LogP contribution in [0.15, 0.2) is 41.6 Å². The number of fused-ring (bicyclic) bond motifs is 1. The van der Waals surface area contributed by atoms with Gasteiger partial charge >= 0.3 is 5.97 Å². The first-order chi connectivity index (χ1) is 15.5. The highest BCUT2D eigenvalue weighted by atomic mass is 16.5. The third-order valence-electron chi connectivity index (χ3n) is 4.83. The minimum atomic E-state index is -0.477. The zero-order valence-corrected chi connectivity index (χ0v) is 17.5. The first-order valence-corrected chi connectivity index (χ1v) is 10.2. The number of carbonyl (C=O) groups excluding carboxylic acids is 2. The Morgan fingerprint density at radius 2 is 2.03 bits per heavy atom. The van der Waals surface area contributed by atoms with Crippen LogP contribution in [0.25, 0.3) is 11.0 Å². The Bertz CT molecular complexity index is 1200. The topological polar surface area (TPSA) is 129 Å². The summed E-state index contributed by atoms with van der Waals surface area (Å²) in [6.07, 6.45) is 2.72. The monoisotopic (exact) mass is 438 g/mol. The van der Waals surface area contributed by atoms with Crippen molar-refractivity contribution in [2.45, 2.75) is 13.5 Å². The predicted octanol–water partition coefficient (Wildman–Crippen LogP) is 0.838. The number of nitrogens with one attached hydrogen (secondary N) is 1. The van der Waals surface area contributed by atoms with Crippen molar-refractivity contribution in [2.75, 3.05) is 43.1 Å². The summed E-state index contributed by atoms with van der Waals surface area (Å²) in [5.74, 6) is -0.431. The normalized spacial score (nSPS) is 13.7. The highest BCUT2D eigenvalue weighted by Gasteiger charge is 2.16. The lowest BCUT2D eigenvalue weighted by atomic mass is 10.2. The van der Waals surface area contributed by atoms with Crippen LogP contribution in [0.5, 0.6) is 0 Å². The average Bonchev–Trinajstić information content (AvgIpc) is 2.81.